The molecule has 94 valence electrons. The van der Waals surface area contributed by atoms with Crippen molar-refractivity contribution in [1.82, 2.24) is 0 Å². The number of benzene rings is 1. The number of carbonyl (C=O) groups is 1. The number of rotatable bonds is 4. The third kappa shape index (κ3) is 4.49. The number of Topliss-reactive ketones (excluding diaryl/α,β-unsaturated/α-hetero) is 1. The molecule has 1 saturated heterocycles. The first-order valence-electron chi connectivity index (χ1n) is 6.28. The van der Waals surface area contributed by atoms with Gasteiger partial charge in [0.2, 0.25) is 0 Å². The van der Waals surface area contributed by atoms with Gasteiger partial charge in [0.05, 0.1) is 26.1 Å². The van der Waals surface area contributed by atoms with Crippen LogP contribution in [0, 0.1) is 0 Å². The van der Waals surface area contributed by atoms with Gasteiger partial charge in [0.25, 0.3) is 0 Å². The smallest absolute Gasteiger partial charge is 0.168 e. The number of halogens is 1. The summed E-state index contributed by atoms with van der Waals surface area (Å²) in [6.07, 6.45) is 4.72. The summed E-state index contributed by atoms with van der Waals surface area (Å²) in [5.74, 6) is 0.290. The molecule has 0 saturated carbocycles. The molecule has 1 aromatic carbocycles. The average Bonchev–Trinajstić information content (AvgIpc) is 2.38. The molecule has 1 aliphatic heterocycles. The third-order valence-electron chi connectivity index (χ3n) is 3.36. The molecule has 0 aliphatic carbocycles. The second kappa shape index (κ2) is 7.46. The summed E-state index contributed by atoms with van der Waals surface area (Å²) in [5.41, 5.74) is 0.860. The Labute approximate surface area is 109 Å². The molecular weight excluding hydrogens is 234 g/mol. The van der Waals surface area contributed by atoms with Gasteiger partial charge in [-0.25, -0.2) is 0 Å². The Morgan fingerprint density at radius 2 is 1.71 bits per heavy atom. The van der Waals surface area contributed by atoms with E-state index in [1.165, 1.54) is 32.4 Å². The molecule has 1 fully saturated rings. The van der Waals surface area contributed by atoms with E-state index in [-0.39, 0.29) is 12.4 Å². The topological polar surface area (TPSA) is 21.5 Å². The van der Waals surface area contributed by atoms with Gasteiger partial charge >= 0.3 is 0 Å². The predicted molar refractivity (Wildman–Crippen MR) is 64.8 cm³/mol. The predicted octanol–water partition coefficient (Wildman–Crippen LogP) is -1.67. The van der Waals surface area contributed by atoms with Gasteiger partial charge in [-0.2, -0.15) is 0 Å². The normalized spacial score (nSPS) is 16.2. The van der Waals surface area contributed by atoms with Gasteiger partial charge in [0.15, 0.2) is 5.78 Å². The van der Waals surface area contributed by atoms with Crippen LogP contribution in [0.5, 0.6) is 0 Å². The highest BCUT2D eigenvalue weighted by Gasteiger charge is 2.15. The molecule has 0 unspecified atom stereocenters. The Kier molecular flexibility index (Phi) is 6.23. The summed E-state index contributed by atoms with van der Waals surface area (Å²) in [5, 5.41) is 0. The first kappa shape index (κ1) is 14.2. The van der Waals surface area contributed by atoms with Crippen LogP contribution in [0.1, 0.15) is 36.0 Å². The molecule has 2 rings (SSSR count). The largest absolute Gasteiger partial charge is 1.00 e. The molecule has 0 aromatic heterocycles. The fourth-order valence-electron chi connectivity index (χ4n) is 2.36. The number of nitrogens with one attached hydrogen (secondary N) is 1. The van der Waals surface area contributed by atoms with Gasteiger partial charge in [-0.3, -0.25) is 4.79 Å². The maximum Gasteiger partial charge on any atom is 0.168 e. The van der Waals surface area contributed by atoms with Crippen molar-refractivity contribution in [2.45, 2.75) is 25.7 Å². The van der Waals surface area contributed by atoms with Gasteiger partial charge < -0.3 is 17.3 Å². The van der Waals surface area contributed by atoms with Gasteiger partial charge in [0.1, 0.15) is 0 Å². The number of carbonyl (C=O) groups excluding carboxylic acids is 1. The van der Waals surface area contributed by atoms with E-state index in [0.29, 0.717) is 12.2 Å². The van der Waals surface area contributed by atoms with Crippen molar-refractivity contribution in [1.29, 1.82) is 0 Å². The van der Waals surface area contributed by atoms with E-state index >= 15 is 0 Å². The molecule has 0 bridgehead atoms. The molecule has 0 amide bonds. The van der Waals surface area contributed by atoms with Crippen LogP contribution in [0.15, 0.2) is 30.3 Å². The van der Waals surface area contributed by atoms with E-state index in [4.69, 9.17) is 0 Å². The number of hydrogen-bond acceptors (Lipinski definition) is 1. The second-order valence-electron chi connectivity index (χ2n) is 4.60. The molecule has 1 aliphatic rings. The number of quaternary nitrogens is 1. The van der Waals surface area contributed by atoms with Crippen molar-refractivity contribution in [3.8, 4) is 0 Å². The van der Waals surface area contributed by atoms with Crippen molar-refractivity contribution in [3.05, 3.63) is 35.9 Å². The quantitative estimate of drug-likeness (QED) is 0.637. The lowest BCUT2D eigenvalue weighted by atomic mass is 10.1. The molecule has 0 spiro atoms. The van der Waals surface area contributed by atoms with Gasteiger partial charge in [-0.15, -0.1) is 0 Å². The molecule has 17 heavy (non-hydrogen) atoms. The highest BCUT2D eigenvalue weighted by atomic mass is 35.5. The fraction of sp³-hybridized carbons (Fsp3) is 0.500. The number of likely N-dealkylation sites (tertiary alicyclic amines) is 1. The van der Waals surface area contributed by atoms with E-state index in [1.54, 1.807) is 4.90 Å². The Balaban J connectivity index is 0.00000144. The van der Waals surface area contributed by atoms with Gasteiger partial charge in [-0.1, -0.05) is 30.3 Å². The van der Waals surface area contributed by atoms with Crippen LogP contribution in [0.3, 0.4) is 0 Å². The van der Waals surface area contributed by atoms with E-state index < -0.39 is 0 Å². The molecule has 1 N–H and O–H groups in total. The summed E-state index contributed by atoms with van der Waals surface area (Å²) < 4.78 is 0. The molecular formula is C14H20ClNO. The zero-order valence-electron chi connectivity index (χ0n) is 10.1. The summed E-state index contributed by atoms with van der Waals surface area (Å²) in [4.78, 5) is 13.5. The average molecular weight is 254 g/mol. The van der Waals surface area contributed by atoms with Crippen LogP contribution in [-0.4, -0.2) is 25.4 Å². The van der Waals surface area contributed by atoms with Crippen molar-refractivity contribution >= 4 is 5.78 Å². The van der Waals surface area contributed by atoms with E-state index in [9.17, 15) is 4.79 Å². The maximum atomic E-state index is 11.9. The Hall–Kier alpha value is -0.860. The highest BCUT2D eigenvalue weighted by Crippen LogP contribution is 2.02. The third-order valence-corrected chi connectivity index (χ3v) is 3.36. The lowest BCUT2D eigenvalue weighted by Crippen LogP contribution is -3.12. The summed E-state index contributed by atoms with van der Waals surface area (Å²) in [6.45, 7) is 3.51. The number of ketones is 1. The van der Waals surface area contributed by atoms with Crippen LogP contribution in [0.4, 0.5) is 0 Å². The van der Waals surface area contributed by atoms with Crippen molar-refractivity contribution < 1.29 is 22.1 Å². The van der Waals surface area contributed by atoms with E-state index in [1.807, 2.05) is 30.3 Å². The minimum Gasteiger partial charge on any atom is -1.00 e. The standard InChI is InChI=1S/C14H19NO.ClH/c16-14(13-7-3-1-4-8-13)9-12-15-10-5-2-6-11-15;/h1,3-4,7-8H,2,5-6,9-12H2;1H. The summed E-state index contributed by atoms with van der Waals surface area (Å²) in [7, 11) is 0. The lowest BCUT2D eigenvalue weighted by Gasteiger charge is -2.23. The lowest BCUT2D eigenvalue weighted by molar-refractivity contribution is -0.904. The van der Waals surface area contributed by atoms with E-state index in [2.05, 4.69) is 0 Å². The molecule has 1 heterocycles. The minimum absolute atomic E-state index is 0. The maximum absolute atomic E-state index is 11.9. The summed E-state index contributed by atoms with van der Waals surface area (Å²) in [6, 6.07) is 9.64. The summed E-state index contributed by atoms with van der Waals surface area (Å²) >= 11 is 0. The molecule has 1 aromatic rings. The fourth-order valence-corrected chi connectivity index (χ4v) is 2.36. The zero-order chi connectivity index (χ0) is 11.2. The van der Waals surface area contributed by atoms with E-state index in [0.717, 1.165) is 12.1 Å². The number of hydrogen-bond donors (Lipinski definition) is 1. The Morgan fingerprint density at radius 3 is 2.35 bits per heavy atom. The monoisotopic (exact) mass is 253 g/mol. The molecule has 3 heteroatoms. The molecule has 2 nitrogen and oxygen atoms in total. The SMILES string of the molecule is O=C(CC[NH+]1CCCCC1)c1ccccc1.[Cl-]. The van der Waals surface area contributed by atoms with Crippen molar-refractivity contribution in [2.24, 2.45) is 0 Å². The van der Waals surface area contributed by atoms with Crippen LogP contribution in [0.2, 0.25) is 0 Å². The van der Waals surface area contributed by atoms with Gasteiger partial charge in [-0.05, 0) is 19.3 Å². The van der Waals surface area contributed by atoms with Crippen LogP contribution in [-0.2, 0) is 0 Å². The Bertz CT molecular complexity index is 333. The highest BCUT2D eigenvalue weighted by molar-refractivity contribution is 5.95. The van der Waals surface area contributed by atoms with Crippen LogP contribution < -0.4 is 17.3 Å². The second-order valence-corrected chi connectivity index (χ2v) is 4.60. The first-order valence-corrected chi connectivity index (χ1v) is 6.28. The van der Waals surface area contributed by atoms with Crippen molar-refractivity contribution in [3.63, 3.8) is 0 Å². The van der Waals surface area contributed by atoms with Crippen molar-refractivity contribution in [2.75, 3.05) is 19.6 Å². The minimum atomic E-state index is 0. The first-order chi connectivity index (χ1) is 7.86. The van der Waals surface area contributed by atoms with Crippen LogP contribution >= 0.6 is 0 Å². The number of piperidine rings is 1. The van der Waals surface area contributed by atoms with Crippen LogP contribution in [0.25, 0.3) is 0 Å². The zero-order valence-corrected chi connectivity index (χ0v) is 10.9. The molecule has 0 radical (unpaired) electrons. The molecule has 0 atom stereocenters. The Morgan fingerprint density at radius 1 is 1.06 bits per heavy atom. The van der Waals surface area contributed by atoms with Gasteiger partial charge in [0, 0.05) is 5.56 Å².